The fourth-order valence-corrected chi connectivity index (χ4v) is 2.96. The van der Waals surface area contributed by atoms with Crippen molar-refractivity contribution in [3.63, 3.8) is 0 Å². The highest BCUT2D eigenvalue weighted by atomic mass is 32.2. The normalized spacial score (nSPS) is 10.5. The van der Waals surface area contributed by atoms with Crippen molar-refractivity contribution in [1.82, 2.24) is 0 Å². The first-order valence-electron chi connectivity index (χ1n) is 7.30. The van der Waals surface area contributed by atoms with Crippen LogP contribution in [0, 0.1) is 18.8 Å². The van der Waals surface area contributed by atoms with Gasteiger partial charge in [0.2, 0.25) is 0 Å². The van der Waals surface area contributed by atoms with E-state index in [0.717, 1.165) is 12.0 Å². The third-order valence-electron chi connectivity index (χ3n) is 3.06. The summed E-state index contributed by atoms with van der Waals surface area (Å²) in [4.78, 5) is 0.212. The van der Waals surface area contributed by atoms with Gasteiger partial charge in [-0.25, -0.2) is 8.42 Å². The monoisotopic (exact) mass is 329 g/mol. The number of sulfonamides is 1. The van der Waals surface area contributed by atoms with Crippen LogP contribution in [-0.2, 0) is 10.0 Å². The highest BCUT2D eigenvalue weighted by Crippen LogP contribution is 2.26. The molecule has 0 aliphatic carbocycles. The van der Waals surface area contributed by atoms with Gasteiger partial charge in [-0.3, -0.25) is 4.72 Å². The molecule has 0 atom stereocenters. The maximum absolute atomic E-state index is 12.4. The molecule has 0 saturated carbocycles. The number of hydrogen-bond acceptors (Lipinski definition) is 3. The number of anilines is 1. The molecule has 0 bridgehead atoms. The minimum Gasteiger partial charge on any atom is -0.479 e. The Labute approximate surface area is 137 Å². The van der Waals surface area contributed by atoms with Crippen molar-refractivity contribution >= 4 is 15.7 Å². The predicted molar refractivity (Wildman–Crippen MR) is 92.0 cm³/mol. The molecule has 0 radical (unpaired) electrons. The first-order chi connectivity index (χ1) is 11.0. The number of rotatable bonds is 5. The van der Waals surface area contributed by atoms with Gasteiger partial charge in [-0.2, -0.15) is 0 Å². The van der Waals surface area contributed by atoms with Gasteiger partial charge in [0.25, 0.3) is 10.0 Å². The van der Waals surface area contributed by atoms with Crippen LogP contribution in [0.2, 0.25) is 0 Å². The van der Waals surface area contributed by atoms with Gasteiger partial charge in [0.15, 0.2) is 0 Å². The summed E-state index contributed by atoms with van der Waals surface area (Å²) in [6, 6.07) is 13.6. The average molecular weight is 329 g/mol. The lowest BCUT2D eigenvalue weighted by Gasteiger charge is -2.12. The van der Waals surface area contributed by atoms with E-state index >= 15 is 0 Å². The Balaban J connectivity index is 2.20. The van der Waals surface area contributed by atoms with Crippen LogP contribution in [0.25, 0.3) is 0 Å². The zero-order valence-electron chi connectivity index (χ0n) is 13.2. The van der Waals surface area contributed by atoms with E-state index in [-0.39, 0.29) is 11.5 Å². The molecule has 0 spiro atoms. The Morgan fingerprint density at radius 1 is 1.04 bits per heavy atom. The first kappa shape index (κ1) is 16.9. The second kappa shape index (κ2) is 7.70. The third-order valence-corrected chi connectivity index (χ3v) is 4.45. The van der Waals surface area contributed by atoms with Crippen LogP contribution in [0.1, 0.15) is 18.9 Å². The van der Waals surface area contributed by atoms with E-state index < -0.39 is 10.0 Å². The molecule has 0 fully saturated rings. The fourth-order valence-electron chi connectivity index (χ4n) is 1.89. The van der Waals surface area contributed by atoms with Gasteiger partial charge in [-0.15, -0.1) is 5.92 Å². The molecule has 2 aromatic rings. The van der Waals surface area contributed by atoms with E-state index in [9.17, 15) is 8.42 Å². The summed E-state index contributed by atoms with van der Waals surface area (Å²) in [5.74, 6) is 6.22. The van der Waals surface area contributed by atoms with Crippen LogP contribution in [0.15, 0.2) is 53.4 Å². The van der Waals surface area contributed by atoms with Crippen molar-refractivity contribution in [3.05, 3.63) is 54.1 Å². The first-order valence-corrected chi connectivity index (χ1v) is 8.78. The summed E-state index contributed by atoms with van der Waals surface area (Å²) in [5.41, 5.74) is 1.40. The molecule has 0 aliphatic rings. The van der Waals surface area contributed by atoms with Crippen molar-refractivity contribution in [2.75, 3.05) is 11.3 Å². The Hall–Kier alpha value is -2.45. The molecule has 1 N–H and O–H groups in total. The zero-order valence-corrected chi connectivity index (χ0v) is 14.0. The molecule has 23 heavy (non-hydrogen) atoms. The van der Waals surface area contributed by atoms with Gasteiger partial charge in [-0.1, -0.05) is 42.7 Å². The number of para-hydroxylation sites is 2. The van der Waals surface area contributed by atoms with Crippen LogP contribution < -0.4 is 9.46 Å². The summed E-state index contributed by atoms with van der Waals surface area (Å²) < 4.78 is 33.0. The highest BCUT2D eigenvalue weighted by molar-refractivity contribution is 7.92. The molecular formula is C18H19NO3S. The second-order valence-electron chi connectivity index (χ2n) is 4.91. The largest absolute Gasteiger partial charge is 0.479 e. The maximum Gasteiger partial charge on any atom is 0.262 e. The van der Waals surface area contributed by atoms with Crippen molar-refractivity contribution < 1.29 is 13.2 Å². The van der Waals surface area contributed by atoms with Crippen LogP contribution >= 0.6 is 0 Å². The molecule has 120 valence electrons. The van der Waals surface area contributed by atoms with Crippen LogP contribution in [0.3, 0.4) is 0 Å². The summed E-state index contributed by atoms with van der Waals surface area (Å²) in [7, 11) is -3.65. The molecule has 0 aromatic heterocycles. The van der Waals surface area contributed by atoms with Gasteiger partial charge >= 0.3 is 0 Å². The molecule has 2 aromatic carbocycles. The van der Waals surface area contributed by atoms with Crippen molar-refractivity contribution in [2.24, 2.45) is 0 Å². The summed E-state index contributed by atoms with van der Waals surface area (Å²) in [5, 5.41) is 0. The molecule has 4 nitrogen and oxygen atoms in total. The van der Waals surface area contributed by atoms with E-state index in [2.05, 4.69) is 16.6 Å². The molecule has 0 amide bonds. The van der Waals surface area contributed by atoms with E-state index in [1.165, 1.54) is 0 Å². The predicted octanol–water partition coefficient (Wildman–Crippen LogP) is 3.59. The number of benzene rings is 2. The second-order valence-corrected chi connectivity index (χ2v) is 6.59. The summed E-state index contributed by atoms with van der Waals surface area (Å²) in [6.07, 6.45) is 0.755. The zero-order chi connectivity index (χ0) is 16.7. The van der Waals surface area contributed by atoms with E-state index in [0.29, 0.717) is 11.4 Å². The van der Waals surface area contributed by atoms with Gasteiger partial charge in [0, 0.05) is 6.42 Å². The average Bonchev–Trinajstić information content (AvgIpc) is 2.53. The maximum atomic E-state index is 12.4. The van der Waals surface area contributed by atoms with Gasteiger partial charge in [0.1, 0.15) is 12.4 Å². The SMILES string of the molecule is CCC#CCOc1ccccc1NS(=O)(=O)c1ccc(C)cc1. The Kier molecular flexibility index (Phi) is 5.67. The molecule has 0 heterocycles. The van der Waals surface area contributed by atoms with Crippen LogP contribution in [0.5, 0.6) is 5.75 Å². The Morgan fingerprint density at radius 3 is 2.43 bits per heavy atom. The third kappa shape index (κ3) is 4.76. The van der Waals surface area contributed by atoms with Crippen molar-refractivity contribution in [3.8, 4) is 17.6 Å². The Morgan fingerprint density at radius 2 is 1.74 bits per heavy atom. The van der Waals surface area contributed by atoms with Gasteiger partial charge in [0.05, 0.1) is 10.6 Å². The number of ether oxygens (including phenoxy) is 1. The topological polar surface area (TPSA) is 55.4 Å². The van der Waals surface area contributed by atoms with Crippen molar-refractivity contribution in [2.45, 2.75) is 25.2 Å². The molecule has 2 rings (SSSR count). The highest BCUT2D eigenvalue weighted by Gasteiger charge is 2.16. The number of aryl methyl sites for hydroxylation is 1. The minimum atomic E-state index is -3.65. The van der Waals surface area contributed by atoms with Gasteiger partial charge in [-0.05, 0) is 31.2 Å². The van der Waals surface area contributed by atoms with E-state index in [1.54, 1.807) is 48.5 Å². The lowest BCUT2D eigenvalue weighted by atomic mass is 10.2. The number of hydrogen-bond donors (Lipinski definition) is 1. The summed E-state index contributed by atoms with van der Waals surface area (Å²) >= 11 is 0. The standard InChI is InChI=1S/C18H19NO3S/c1-3-4-7-14-22-18-9-6-5-8-17(18)19-23(20,21)16-12-10-15(2)11-13-16/h5-6,8-13,19H,3,14H2,1-2H3. The minimum absolute atomic E-state index is 0.212. The quantitative estimate of drug-likeness (QED) is 0.853. The van der Waals surface area contributed by atoms with E-state index in [4.69, 9.17) is 4.74 Å². The van der Waals surface area contributed by atoms with Crippen molar-refractivity contribution in [1.29, 1.82) is 0 Å². The van der Waals surface area contributed by atoms with Crippen LogP contribution in [-0.4, -0.2) is 15.0 Å². The molecule has 0 saturated heterocycles. The lowest BCUT2D eigenvalue weighted by Crippen LogP contribution is -2.14. The summed E-state index contributed by atoms with van der Waals surface area (Å²) in [6.45, 7) is 4.08. The lowest BCUT2D eigenvalue weighted by molar-refractivity contribution is 0.372. The van der Waals surface area contributed by atoms with E-state index in [1.807, 2.05) is 13.8 Å². The fraction of sp³-hybridized carbons (Fsp3) is 0.222. The van der Waals surface area contributed by atoms with Crippen LogP contribution in [0.4, 0.5) is 5.69 Å². The smallest absolute Gasteiger partial charge is 0.262 e. The number of nitrogens with one attached hydrogen (secondary N) is 1. The van der Waals surface area contributed by atoms with Gasteiger partial charge < -0.3 is 4.74 Å². The molecular weight excluding hydrogens is 310 g/mol. The Bertz CT molecular complexity index is 815. The molecule has 0 aliphatic heterocycles. The molecule has 5 heteroatoms. The molecule has 0 unspecified atom stereocenters.